The van der Waals surface area contributed by atoms with Gasteiger partial charge in [-0.1, -0.05) is 30.5 Å². The van der Waals surface area contributed by atoms with Gasteiger partial charge in [-0.15, -0.1) is 0 Å². The van der Waals surface area contributed by atoms with Gasteiger partial charge in [-0.3, -0.25) is 4.98 Å². The van der Waals surface area contributed by atoms with E-state index in [4.69, 9.17) is 16.3 Å². The Hall–Kier alpha value is -2.81. The molecule has 6 heteroatoms. The molecule has 4 rings (SSSR count). The molecule has 0 spiro atoms. The van der Waals surface area contributed by atoms with Gasteiger partial charge in [-0.2, -0.15) is 5.26 Å². The Balaban J connectivity index is 1.64. The molecule has 154 valence electrons. The first-order chi connectivity index (χ1) is 14.7. The first-order valence-corrected chi connectivity index (χ1v) is 10.7. The molecular formula is C24H25ClN4O. The summed E-state index contributed by atoms with van der Waals surface area (Å²) in [4.78, 5) is 4.63. The minimum absolute atomic E-state index is 0.569. The number of benzene rings is 2. The lowest BCUT2D eigenvalue weighted by Gasteiger charge is -2.18. The van der Waals surface area contributed by atoms with Crippen molar-refractivity contribution in [2.75, 3.05) is 12.4 Å². The lowest BCUT2D eigenvalue weighted by molar-refractivity contribution is 0.415. The number of aromatic nitrogens is 1. The molecule has 1 saturated carbocycles. The van der Waals surface area contributed by atoms with Crippen molar-refractivity contribution in [3.05, 3.63) is 64.3 Å². The van der Waals surface area contributed by atoms with Gasteiger partial charge in [-0.05, 0) is 48.7 Å². The Morgan fingerprint density at radius 3 is 2.73 bits per heavy atom. The third-order valence-corrected chi connectivity index (χ3v) is 5.99. The second-order valence-electron chi connectivity index (χ2n) is 7.69. The van der Waals surface area contributed by atoms with Crippen LogP contribution in [0.15, 0.2) is 42.6 Å². The number of methoxy groups -OCH3 is 1. The molecule has 0 bridgehead atoms. The topological polar surface area (TPSA) is 70.0 Å². The molecule has 0 radical (unpaired) electrons. The van der Waals surface area contributed by atoms with Crippen molar-refractivity contribution in [2.24, 2.45) is 0 Å². The predicted molar refractivity (Wildman–Crippen MR) is 121 cm³/mol. The Morgan fingerprint density at radius 2 is 2.00 bits per heavy atom. The zero-order valence-corrected chi connectivity index (χ0v) is 17.8. The molecule has 0 saturated heterocycles. The van der Waals surface area contributed by atoms with Gasteiger partial charge in [0.1, 0.15) is 5.75 Å². The fourth-order valence-electron chi connectivity index (χ4n) is 4.04. The van der Waals surface area contributed by atoms with E-state index >= 15 is 0 Å². The number of hydrogen-bond acceptors (Lipinski definition) is 5. The van der Waals surface area contributed by atoms with Crippen LogP contribution in [0.25, 0.3) is 10.9 Å². The highest BCUT2D eigenvalue weighted by molar-refractivity contribution is 6.32. The van der Waals surface area contributed by atoms with Crippen LogP contribution in [0.4, 0.5) is 5.69 Å². The first-order valence-electron chi connectivity index (χ1n) is 10.3. The third kappa shape index (κ3) is 4.51. The fraction of sp³-hybridized carbons (Fsp3) is 0.333. The van der Waals surface area contributed by atoms with Crippen LogP contribution in [0.5, 0.6) is 5.75 Å². The summed E-state index contributed by atoms with van der Waals surface area (Å²) in [5, 5.41) is 18.2. The number of pyridine rings is 1. The third-order valence-electron chi connectivity index (χ3n) is 5.70. The standard InChI is InChI=1S/C24H25ClN4O/c1-30-23-9-7-17(11-21(23)25)13-29-24-18(14-27-19-4-2-3-5-19)15-28-22-8-6-16(12-26)10-20(22)24/h6-11,15,19,27H,2-5,13-14H2,1H3,(H,28,29). The summed E-state index contributed by atoms with van der Waals surface area (Å²) in [6.07, 6.45) is 6.98. The zero-order chi connectivity index (χ0) is 20.9. The van der Waals surface area contributed by atoms with Crippen molar-refractivity contribution < 1.29 is 4.74 Å². The Labute approximate surface area is 182 Å². The Bertz CT molecular complexity index is 1090. The van der Waals surface area contributed by atoms with Crippen LogP contribution in [0.2, 0.25) is 5.02 Å². The van der Waals surface area contributed by atoms with E-state index in [1.165, 1.54) is 25.7 Å². The minimum Gasteiger partial charge on any atom is -0.495 e. The van der Waals surface area contributed by atoms with Gasteiger partial charge in [0.25, 0.3) is 0 Å². The van der Waals surface area contributed by atoms with Gasteiger partial charge in [0.2, 0.25) is 0 Å². The minimum atomic E-state index is 0.569. The van der Waals surface area contributed by atoms with Crippen LogP contribution in [0, 0.1) is 11.3 Å². The van der Waals surface area contributed by atoms with Gasteiger partial charge < -0.3 is 15.4 Å². The molecule has 1 aliphatic carbocycles. The lowest BCUT2D eigenvalue weighted by atomic mass is 10.1. The number of nitrogens with zero attached hydrogens (tertiary/aromatic N) is 2. The van der Waals surface area contributed by atoms with Gasteiger partial charge >= 0.3 is 0 Å². The Morgan fingerprint density at radius 1 is 1.17 bits per heavy atom. The van der Waals surface area contributed by atoms with E-state index < -0.39 is 0 Å². The molecule has 5 nitrogen and oxygen atoms in total. The largest absolute Gasteiger partial charge is 0.495 e. The summed E-state index contributed by atoms with van der Waals surface area (Å²) in [6, 6.07) is 14.2. The summed E-state index contributed by atoms with van der Waals surface area (Å²) in [7, 11) is 1.61. The summed E-state index contributed by atoms with van der Waals surface area (Å²) >= 11 is 6.29. The van der Waals surface area contributed by atoms with Gasteiger partial charge in [0.15, 0.2) is 0 Å². The number of fused-ring (bicyclic) bond motifs is 1. The molecule has 0 aliphatic heterocycles. The number of anilines is 1. The average molecular weight is 421 g/mol. The summed E-state index contributed by atoms with van der Waals surface area (Å²) in [5.74, 6) is 0.662. The quantitative estimate of drug-likeness (QED) is 0.534. The van der Waals surface area contributed by atoms with Crippen molar-refractivity contribution >= 4 is 28.2 Å². The number of ether oxygens (including phenoxy) is 1. The van der Waals surface area contributed by atoms with E-state index in [0.29, 0.717) is 28.9 Å². The second kappa shape index (κ2) is 9.34. The van der Waals surface area contributed by atoms with Gasteiger partial charge in [-0.25, -0.2) is 0 Å². The molecular weight excluding hydrogens is 396 g/mol. The smallest absolute Gasteiger partial charge is 0.137 e. The maximum absolute atomic E-state index is 9.36. The highest BCUT2D eigenvalue weighted by Gasteiger charge is 2.16. The summed E-state index contributed by atoms with van der Waals surface area (Å²) < 4.78 is 5.25. The van der Waals surface area contributed by atoms with Crippen LogP contribution in [-0.4, -0.2) is 18.1 Å². The maximum atomic E-state index is 9.36. The molecule has 1 heterocycles. The molecule has 3 aromatic rings. The van der Waals surface area contributed by atoms with E-state index in [0.717, 1.165) is 34.3 Å². The molecule has 2 N–H and O–H groups in total. The van der Waals surface area contributed by atoms with E-state index in [9.17, 15) is 5.26 Å². The number of halogens is 1. The molecule has 2 aromatic carbocycles. The van der Waals surface area contributed by atoms with Crippen LogP contribution in [-0.2, 0) is 13.1 Å². The predicted octanol–water partition coefficient (Wildman–Crippen LogP) is 5.41. The fourth-order valence-corrected chi connectivity index (χ4v) is 4.32. The average Bonchev–Trinajstić information content (AvgIpc) is 3.29. The highest BCUT2D eigenvalue weighted by atomic mass is 35.5. The van der Waals surface area contributed by atoms with E-state index in [-0.39, 0.29) is 0 Å². The van der Waals surface area contributed by atoms with Crippen LogP contribution in [0.1, 0.15) is 42.4 Å². The number of nitrogens with one attached hydrogen (secondary N) is 2. The second-order valence-corrected chi connectivity index (χ2v) is 8.09. The monoisotopic (exact) mass is 420 g/mol. The number of rotatable bonds is 7. The molecule has 1 aliphatic rings. The molecule has 0 unspecified atom stereocenters. The molecule has 1 aromatic heterocycles. The van der Waals surface area contributed by atoms with Crippen molar-refractivity contribution in [1.29, 1.82) is 5.26 Å². The van der Waals surface area contributed by atoms with Gasteiger partial charge in [0.05, 0.1) is 29.3 Å². The normalized spacial score (nSPS) is 14.0. The van der Waals surface area contributed by atoms with Crippen LogP contribution >= 0.6 is 11.6 Å². The van der Waals surface area contributed by atoms with Gasteiger partial charge in [0, 0.05) is 42.0 Å². The molecule has 1 fully saturated rings. The van der Waals surface area contributed by atoms with E-state index in [2.05, 4.69) is 21.7 Å². The SMILES string of the molecule is COc1ccc(CNc2c(CNC3CCCC3)cnc3ccc(C#N)cc23)cc1Cl. The molecule has 30 heavy (non-hydrogen) atoms. The molecule has 0 amide bonds. The summed E-state index contributed by atoms with van der Waals surface area (Å²) in [6.45, 7) is 1.35. The highest BCUT2D eigenvalue weighted by Crippen LogP contribution is 2.30. The van der Waals surface area contributed by atoms with Crippen molar-refractivity contribution in [3.8, 4) is 11.8 Å². The van der Waals surface area contributed by atoms with Crippen LogP contribution in [0.3, 0.4) is 0 Å². The first kappa shape index (κ1) is 20.5. The summed E-state index contributed by atoms with van der Waals surface area (Å²) in [5.41, 5.74) is 4.66. The van der Waals surface area contributed by atoms with Crippen molar-refractivity contribution in [1.82, 2.24) is 10.3 Å². The Kier molecular flexibility index (Phi) is 6.37. The van der Waals surface area contributed by atoms with Crippen LogP contribution < -0.4 is 15.4 Å². The van der Waals surface area contributed by atoms with Crippen molar-refractivity contribution in [3.63, 3.8) is 0 Å². The number of hydrogen-bond donors (Lipinski definition) is 2. The maximum Gasteiger partial charge on any atom is 0.137 e. The molecule has 0 atom stereocenters. The lowest BCUT2D eigenvalue weighted by Crippen LogP contribution is -2.25. The van der Waals surface area contributed by atoms with E-state index in [1.807, 2.05) is 36.5 Å². The van der Waals surface area contributed by atoms with E-state index in [1.54, 1.807) is 13.2 Å². The number of nitriles is 1. The van der Waals surface area contributed by atoms with Crippen molar-refractivity contribution in [2.45, 2.75) is 44.8 Å². The zero-order valence-electron chi connectivity index (χ0n) is 17.0.